The Bertz CT molecular complexity index is 564. The zero-order chi connectivity index (χ0) is 13.9. The summed E-state index contributed by atoms with van der Waals surface area (Å²) in [5.41, 5.74) is 0.742. The SMILES string of the molecule is COC(O)C1CCC(Oc2ccnc3[nH]ncc23)CC1. The van der Waals surface area contributed by atoms with E-state index < -0.39 is 6.29 Å². The maximum absolute atomic E-state index is 9.69. The Morgan fingerprint density at radius 1 is 1.35 bits per heavy atom. The fourth-order valence-corrected chi connectivity index (χ4v) is 2.79. The first kappa shape index (κ1) is 13.3. The van der Waals surface area contributed by atoms with Gasteiger partial charge in [0.25, 0.3) is 0 Å². The summed E-state index contributed by atoms with van der Waals surface area (Å²) in [4.78, 5) is 4.19. The molecular formula is C14H19N3O3. The molecule has 1 saturated carbocycles. The molecule has 2 heterocycles. The molecule has 0 aliphatic heterocycles. The minimum absolute atomic E-state index is 0.177. The molecule has 0 bridgehead atoms. The second-order valence-electron chi connectivity index (χ2n) is 5.22. The Morgan fingerprint density at radius 3 is 2.90 bits per heavy atom. The first-order valence-electron chi connectivity index (χ1n) is 6.93. The molecule has 1 aliphatic rings. The molecule has 0 spiro atoms. The molecule has 3 rings (SSSR count). The summed E-state index contributed by atoms with van der Waals surface area (Å²) in [6.07, 6.45) is 6.65. The first-order valence-corrected chi connectivity index (χ1v) is 6.93. The first-order chi connectivity index (χ1) is 9.78. The number of aliphatic hydroxyl groups excluding tert-OH is 1. The van der Waals surface area contributed by atoms with Gasteiger partial charge in [0.05, 0.1) is 17.7 Å². The van der Waals surface area contributed by atoms with Gasteiger partial charge in [0, 0.05) is 19.2 Å². The number of aromatic nitrogens is 3. The normalized spacial score (nSPS) is 24.7. The number of aliphatic hydroxyl groups is 1. The van der Waals surface area contributed by atoms with Crippen molar-refractivity contribution in [2.24, 2.45) is 5.92 Å². The third-order valence-corrected chi connectivity index (χ3v) is 3.97. The van der Waals surface area contributed by atoms with Crippen molar-refractivity contribution in [1.82, 2.24) is 15.2 Å². The average Bonchev–Trinajstić information content (AvgIpc) is 2.97. The summed E-state index contributed by atoms with van der Waals surface area (Å²) in [6, 6.07) is 1.87. The van der Waals surface area contributed by atoms with E-state index in [-0.39, 0.29) is 12.0 Å². The van der Waals surface area contributed by atoms with Crippen LogP contribution in [0, 0.1) is 5.92 Å². The molecule has 1 aliphatic carbocycles. The lowest BCUT2D eigenvalue weighted by molar-refractivity contribution is -0.124. The minimum Gasteiger partial charge on any atom is -0.490 e. The van der Waals surface area contributed by atoms with E-state index in [9.17, 15) is 5.11 Å². The molecule has 108 valence electrons. The summed E-state index contributed by atoms with van der Waals surface area (Å²) in [5, 5.41) is 17.4. The third kappa shape index (κ3) is 2.62. The monoisotopic (exact) mass is 277 g/mol. The van der Waals surface area contributed by atoms with Crippen LogP contribution < -0.4 is 4.74 Å². The van der Waals surface area contributed by atoms with Gasteiger partial charge >= 0.3 is 0 Å². The number of hydrogen-bond acceptors (Lipinski definition) is 5. The maximum atomic E-state index is 9.69. The predicted octanol–water partition coefficient (Wildman–Crippen LogP) is 1.86. The fraction of sp³-hybridized carbons (Fsp3) is 0.571. The summed E-state index contributed by atoms with van der Waals surface area (Å²) in [6.45, 7) is 0. The summed E-state index contributed by atoms with van der Waals surface area (Å²) in [5.74, 6) is 1.03. The van der Waals surface area contributed by atoms with E-state index in [1.807, 2.05) is 6.07 Å². The number of nitrogens with one attached hydrogen (secondary N) is 1. The van der Waals surface area contributed by atoms with Crippen LogP contribution in [0.5, 0.6) is 5.75 Å². The molecule has 0 saturated heterocycles. The number of rotatable bonds is 4. The van der Waals surface area contributed by atoms with Crippen LogP contribution in [0.2, 0.25) is 0 Å². The Labute approximate surface area is 117 Å². The second-order valence-corrected chi connectivity index (χ2v) is 5.22. The summed E-state index contributed by atoms with van der Waals surface area (Å²) < 4.78 is 11.1. The molecule has 0 aromatic carbocycles. The predicted molar refractivity (Wildman–Crippen MR) is 73.3 cm³/mol. The van der Waals surface area contributed by atoms with Crippen LogP contribution in [0.15, 0.2) is 18.5 Å². The van der Waals surface area contributed by atoms with Crippen molar-refractivity contribution in [1.29, 1.82) is 0 Å². The maximum Gasteiger partial charge on any atom is 0.158 e. The van der Waals surface area contributed by atoms with Gasteiger partial charge in [0.2, 0.25) is 0 Å². The van der Waals surface area contributed by atoms with Gasteiger partial charge in [-0.3, -0.25) is 5.10 Å². The highest BCUT2D eigenvalue weighted by Gasteiger charge is 2.27. The minimum atomic E-state index is -0.655. The lowest BCUT2D eigenvalue weighted by atomic mass is 9.87. The zero-order valence-corrected chi connectivity index (χ0v) is 11.5. The van der Waals surface area contributed by atoms with Gasteiger partial charge in [0.1, 0.15) is 5.75 Å². The lowest BCUT2D eigenvalue weighted by Gasteiger charge is -2.31. The molecule has 6 heteroatoms. The number of fused-ring (bicyclic) bond motifs is 1. The summed E-state index contributed by atoms with van der Waals surface area (Å²) >= 11 is 0. The Hall–Kier alpha value is -1.66. The lowest BCUT2D eigenvalue weighted by Crippen LogP contribution is -2.31. The van der Waals surface area contributed by atoms with Crippen molar-refractivity contribution in [2.45, 2.75) is 38.1 Å². The molecule has 1 fully saturated rings. The number of aromatic amines is 1. The highest BCUT2D eigenvalue weighted by atomic mass is 16.6. The van der Waals surface area contributed by atoms with Crippen molar-refractivity contribution in [3.05, 3.63) is 18.5 Å². The number of methoxy groups -OCH3 is 1. The number of nitrogens with zero attached hydrogens (tertiary/aromatic N) is 2. The van der Waals surface area contributed by atoms with Crippen LogP contribution in [0.25, 0.3) is 11.0 Å². The van der Waals surface area contributed by atoms with Crippen LogP contribution in [-0.2, 0) is 4.74 Å². The second kappa shape index (κ2) is 5.76. The van der Waals surface area contributed by atoms with Crippen molar-refractivity contribution in [2.75, 3.05) is 7.11 Å². The number of ether oxygens (including phenoxy) is 2. The quantitative estimate of drug-likeness (QED) is 0.834. The Kier molecular flexibility index (Phi) is 3.84. The van der Waals surface area contributed by atoms with E-state index >= 15 is 0 Å². The molecule has 6 nitrogen and oxygen atoms in total. The van der Waals surface area contributed by atoms with Crippen molar-refractivity contribution >= 4 is 11.0 Å². The average molecular weight is 277 g/mol. The van der Waals surface area contributed by atoms with E-state index in [0.717, 1.165) is 42.5 Å². The topological polar surface area (TPSA) is 80.3 Å². The molecule has 1 atom stereocenters. The molecular weight excluding hydrogens is 258 g/mol. The van der Waals surface area contributed by atoms with Gasteiger partial charge in [-0.15, -0.1) is 0 Å². The standard InChI is InChI=1S/C14H19N3O3/c1-19-14(18)9-2-4-10(5-3-9)20-12-6-7-15-13-11(12)8-16-17-13/h6-10,14,18H,2-5H2,1H3,(H,15,16,17). The molecule has 2 N–H and O–H groups in total. The number of pyridine rings is 1. The van der Waals surface area contributed by atoms with Crippen LogP contribution in [0.1, 0.15) is 25.7 Å². The molecule has 0 radical (unpaired) electrons. The number of hydrogen-bond donors (Lipinski definition) is 2. The van der Waals surface area contributed by atoms with Crippen LogP contribution in [0.4, 0.5) is 0 Å². The molecule has 2 aromatic heterocycles. The van der Waals surface area contributed by atoms with Crippen molar-refractivity contribution in [3.63, 3.8) is 0 Å². The van der Waals surface area contributed by atoms with Gasteiger partial charge < -0.3 is 14.6 Å². The summed E-state index contributed by atoms with van der Waals surface area (Å²) in [7, 11) is 1.54. The molecule has 2 aromatic rings. The van der Waals surface area contributed by atoms with E-state index in [2.05, 4.69) is 15.2 Å². The van der Waals surface area contributed by atoms with Gasteiger partial charge in [-0.05, 0) is 31.7 Å². The largest absolute Gasteiger partial charge is 0.490 e. The van der Waals surface area contributed by atoms with E-state index in [4.69, 9.17) is 9.47 Å². The highest BCUT2D eigenvalue weighted by molar-refractivity contribution is 5.80. The van der Waals surface area contributed by atoms with Gasteiger partial charge in [-0.25, -0.2) is 4.98 Å². The smallest absolute Gasteiger partial charge is 0.158 e. The molecule has 20 heavy (non-hydrogen) atoms. The van der Waals surface area contributed by atoms with Crippen molar-refractivity contribution in [3.8, 4) is 5.75 Å². The highest BCUT2D eigenvalue weighted by Crippen LogP contribution is 2.31. The van der Waals surface area contributed by atoms with Crippen LogP contribution >= 0.6 is 0 Å². The van der Waals surface area contributed by atoms with E-state index in [0.29, 0.717) is 0 Å². The van der Waals surface area contributed by atoms with Crippen LogP contribution in [0.3, 0.4) is 0 Å². The molecule has 1 unspecified atom stereocenters. The zero-order valence-electron chi connectivity index (χ0n) is 11.5. The fourth-order valence-electron chi connectivity index (χ4n) is 2.79. The van der Waals surface area contributed by atoms with Crippen molar-refractivity contribution < 1.29 is 14.6 Å². The van der Waals surface area contributed by atoms with E-state index in [1.54, 1.807) is 19.5 Å². The van der Waals surface area contributed by atoms with Gasteiger partial charge in [-0.2, -0.15) is 5.10 Å². The number of H-pyrrole nitrogens is 1. The molecule has 0 amide bonds. The third-order valence-electron chi connectivity index (χ3n) is 3.97. The Balaban J connectivity index is 1.64. The van der Waals surface area contributed by atoms with E-state index in [1.165, 1.54) is 0 Å². The van der Waals surface area contributed by atoms with Gasteiger partial charge in [0.15, 0.2) is 11.9 Å². The Morgan fingerprint density at radius 2 is 2.15 bits per heavy atom. The van der Waals surface area contributed by atoms with Gasteiger partial charge in [-0.1, -0.05) is 0 Å². The van der Waals surface area contributed by atoms with Crippen LogP contribution in [-0.4, -0.2) is 39.8 Å².